The molecule has 0 saturated heterocycles. The third-order valence-corrected chi connectivity index (χ3v) is 3.45. The van der Waals surface area contributed by atoms with Crippen molar-refractivity contribution in [3.63, 3.8) is 0 Å². The minimum Gasteiger partial charge on any atom is -0.493 e. The van der Waals surface area contributed by atoms with Crippen LogP contribution >= 0.6 is 0 Å². The predicted molar refractivity (Wildman–Crippen MR) is 66.1 cm³/mol. The highest BCUT2D eigenvalue weighted by molar-refractivity contribution is 5.56. The van der Waals surface area contributed by atoms with Crippen molar-refractivity contribution in [1.82, 2.24) is 5.32 Å². The van der Waals surface area contributed by atoms with Gasteiger partial charge in [0.1, 0.15) is 0 Å². The van der Waals surface area contributed by atoms with E-state index in [0.717, 1.165) is 12.8 Å². The maximum absolute atomic E-state index is 5.35. The van der Waals surface area contributed by atoms with Crippen molar-refractivity contribution >= 4 is 0 Å². The second kappa shape index (κ2) is 4.45. The molecule has 1 N–H and O–H groups in total. The lowest BCUT2D eigenvalue weighted by Crippen LogP contribution is -2.24. The van der Waals surface area contributed by atoms with E-state index in [0.29, 0.717) is 17.2 Å². The molecule has 94 valence electrons. The van der Waals surface area contributed by atoms with Gasteiger partial charge in [-0.3, -0.25) is 0 Å². The van der Waals surface area contributed by atoms with Crippen LogP contribution < -0.4 is 19.5 Å². The van der Waals surface area contributed by atoms with Crippen LogP contribution in [0, 0.1) is 0 Å². The summed E-state index contributed by atoms with van der Waals surface area (Å²) in [5.41, 5.74) is 1.28. The van der Waals surface area contributed by atoms with Gasteiger partial charge in [-0.25, -0.2) is 0 Å². The fraction of sp³-hybridized carbons (Fsp3) is 0.538. The first-order valence-electron chi connectivity index (χ1n) is 5.70. The molecule has 0 aromatic heterocycles. The van der Waals surface area contributed by atoms with Gasteiger partial charge in [0.15, 0.2) is 11.5 Å². The zero-order valence-electron chi connectivity index (χ0n) is 10.8. The van der Waals surface area contributed by atoms with Gasteiger partial charge in [0.25, 0.3) is 0 Å². The molecule has 4 heteroatoms. The van der Waals surface area contributed by atoms with Gasteiger partial charge in [-0.15, -0.1) is 0 Å². The summed E-state index contributed by atoms with van der Waals surface area (Å²) in [6.45, 7) is 0. The molecule has 0 bridgehead atoms. The van der Waals surface area contributed by atoms with Crippen LogP contribution in [0.25, 0.3) is 0 Å². The summed E-state index contributed by atoms with van der Waals surface area (Å²) in [4.78, 5) is 0. The van der Waals surface area contributed by atoms with Crippen molar-refractivity contribution < 1.29 is 14.2 Å². The molecule has 17 heavy (non-hydrogen) atoms. The van der Waals surface area contributed by atoms with E-state index in [4.69, 9.17) is 14.2 Å². The number of hydrogen-bond acceptors (Lipinski definition) is 4. The number of benzene rings is 1. The highest BCUT2D eigenvalue weighted by Gasteiger charge is 2.43. The average molecular weight is 237 g/mol. The summed E-state index contributed by atoms with van der Waals surface area (Å²) in [5, 5.41) is 3.36. The molecule has 2 rings (SSSR count). The molecule has 0 heterocycles. The van der Waals surface area contributed by atoms with Crippen molar-refractivity contribution in [3.05, 3.63) is 17.7 Å². The number of methoxy groups -OCH3 is 3. The van der Waals surface area contributed by atoms with Gasteiger partial charge in [0.2, 0.25) is 5.75 Å². The summed E-state index contributed by atoms with van der Waals surface area (Å²) < 4.78 is 16.0. The Labute approximate surface area is 102 Å². The number of hydrogen-bond donors (Lipinski definition) is 1. The van der Waals surface area contributed by atoms with Gasteiger partial charge in [-0.05, 0) is 37.6 Å². The maximum Gasteiger partial charge on any atom is 0.203 e. The summed E-state index contributed by atoms with van der Waals surface area (Å²) in [6.07, 6.45) is 2.28. The summed E-state index contributed by atoms with van der Waals surface area (Å²) in [6, 6.07) is 4.04. The first kappa shape index (κ1) is 12.0. The molecular formula is C13H19NO3. The number of ether oxygens (including phenoxy) is 3. The molecule has 4 nitrogen and oxygen atoms in total. The Hall–Kier alpha value is -1.42. The van der Waals surface area contributed by atoms with E-state index in [1.165, 1.54) is 5.56 Å². The van der Waals surface area contributed by atoms with Gasteiger partial charge >= 0.3 is 0 Å². The third-order valence-electron chi connectivity index (χ3n) is 3.45. The minimum absolute atomic E-state index is 0.0901. The van der Waals surface area contributed by atoms with Crippen LogP contribution in [-0.4, -0.2) is 28.4 Å². The number of rotatable bonds is 5. The van der Waals surface area contributed by atoms with E-state index in [1.807, 2.05) is 19.2 Å². The van der Waals surface area contributed by atoms with Crippen LogP contribution in [-0.2, 0) is 5.54 Å². The maximum atomic E-state index is 5.35. The average Bonchev–Trinajstić information content (AvgIpc) is 3.17. The fourth-order valence-corrected chi connectivity index (χ4v) is 2.17. The zero-order chi connectivity index (χ0) is 12.5. The Kier molecular flexibility index (Phi) is 3.15. The molecule has 1 aromatic rings. The SMILES string of the molecule is CNC1(c2cc(OC)c(OC)c(OC)c2)CC1. The Morgan fingerprint density at radius 2 is 1.53 bits per heavy atom. The van der Waals surface area contributed by atoms with Crippen LogP contribution in [0.15, 0.2) is 12.1 Å². The molecular weight excluding hydrogens is 218 g/mol. The van der Waals surface area contributed by atoms with Gasteiger partial charge in [0, 0.05) is 5.54 Å². The highest BCUT2D eigenvalue weighted by Crippen LogP contribution is 2.49. The van der Waals surface area contributed by atoms with E-state index in [2.05, 4.69) is 5.32 Å². The van der Waals surface area contributed by atoms with E-state index < -0.39 is 0 Å². The van der Waals surface area contributed by atoms with Crippen molar-refractivity contribution in [1.29, 1.82) is 0 Å². The monoisotopic (exact) mass is 237 g/mol. The van der Waals surface area contributed by atoms with Crippen molar-refractivity contribution in [2.75, 3.05) is 28.4 Å². The predicted octanol–water partition coefficient (Wildman–Crippen LogP) is 1.92. The first-order valence-corrected chi connectivity index (χ1v) is 5.70. The van der Waals surface area contributed by atoms with Crippen LogP contribution in [0.5, 0.6) is 17.2 Å². The van der Waals surface area contributed by atoms with Crippen molar-refractivity contribution in [3.8, 4) is 17.2 Å². The summed E-state index contributed by atoms with van der Waals surface area (Å²) in [7, 11) is 6.88. The van der Waals surface area contributed by atoms with Gasteiger partial charge in [0.05, 0.1) is 21.3 Å². The molecule has 1 saturated carbocycles. The van der Waals surface area contributed by atoms with Gasteiger partial charge in [-0.1, -0.05) is 0 Å². The van der Waals surface area contributed by atoms with E-state index in [9.17, 15) is 0 Å². The molecule has 0 amide bonds. The summed E-state index contributed by atoms with van der Waals surface area (Å²) in [5.74, 6) is 2.07. The van der Waals surface area contributed by atoms with Gasteiger partial charge < -0.3 is 19.5 Å². The molecule has 0 unspecified atom stereocenters. The van der Waals surface area contributed by atoms with Crippen LogP contribution in [0.4, 0.5) is 0 Å². The Morgan fingerprint density at radius 3 is 1.82 bits per heavy atom. The van der Waals surface area contributed by atoms with Gasteiger partial charge in [-0.2, -0.15) is 0 Å². The molecule has 0 aliphatic heterocycles. The smallest absolute Gasteiger partial charge is 0.203 e. The van der Waals surface area contributed by atoms with E-state index >= 15 is 0 Å². The normalized spacial score (nSPS) is 16.5. The summed E-state index contributed by atoms with van der Waals surface area (Å²) >= 11 is 0. The topological polar surface area (TPSA) is 39.7 Å². The highest BCUT2D eigenvalue weighted by atomic mass is 16.5. The lowest BCUT2D eigenvalue weighted by Gasteiger charge is -2.19. The van der Waals surface area contributed by atoms with Crippen molar-refractivity contribution in [2.24, 2.45) is 0 Å². The molecule has 1 fully saturated rings. The standard InChI is InChI=1S/C13H19NO3/c1-14-13(5-6-13)9-7-10(15-2)12(17-4)11(8-9)16-3/h7-8,14H,5-6H2,1-4H3. The molecule has 0 spiro atoms. The molecule has 0 radical (unpaired) electrons. The van der Waals surface area contributed by atoms with Crippen molar-refractivity contribution in [2.45, 2.75) is 18.4 Å². The Bertz CT molecular complexity index is 388. The fourth-order valence-electron chi connectivity index (χ4n) is 2.17. The van der Waals surface area contributed by atoms with Crippen LogP contribution in [0.1, 0.15) is 18.4 Å². The molecule has 1 aromatic carbocycles. The Balaban J connectivity index is 2.49. The quantitative estimate of drug-likeness (QED) is 0.849. The minimum atomic E-state index is 0.0901. The second-order valence-electron chi connectivity index (χ2n) is 4.25. The Morgan fingerprint density at radius 1 is 1.00 bits per heavy atom. The van der Waals surface area contributed by atoms with Crippen LogP contribution in [0.3, 0.4) is 0 Å². The zero-order valence-corrected chi connectivity index (χ0v) is 10.8. The van der Waals surface area contributed by atoms with E-state index in [-0.39, 0.29) is 5.54 Å². The molecule has 0 atom stereocenters. The molecule has 1 aliphatic carbocycles. The molecule has 1 aliphatic rings. The number of nitrogens with one attached hydrogen (secondary N) is 1. The largest absolute Gasteiger partial charge is 0.493 e. The van der Waals surface area contributed by atoms with Crippen LogP contribution in [0.2, 0.25) is 0 Å². The lowest BCUT2D eigenvalue weighted by molar-refractivity contribution is 0.323. The first-order chi connectivity index (χ1) is 8.20. The van der Waals surface area contributed by atoms with E-state index in [1.54, 1.807) is 21.3 Å². The third kappa shape index (κ3) is 1.93. The lowest BCUT2D eigenvalue weighted by atomic mass is 10.0. The second-order valence-corrected chi connectivity index (χ2v) is 4.25.